The van der Waals surface area contributed by atoms with Gasteiger partial charge in [-0.2, -0.15) is 5.10 Å². The number of hydrogen-bond donors (Lipinski definition) is 0. The fraction of sp³-hybridized carbons (Fsp3) is 0.464. The molecule has 2 aromatic rings. The fourth-order valence-corrected chi connectivity index (χ4v) is 5.35. The number of rotatable bonds is 6. The summed E-state index contributed by atoms with van der Waals surface area (Å²) in [7, 11) is 0. The van der Waals surface area contributed by atoms with Gasteiger partial charge in [0.15, 0.2) is 11.5 Å². The van der Waals surface area contributed by atoms with E-state index in [9.17, 15) is 9.59 Å². The van der Waals surface area contributed by atoms with Gasteiger partial charge < -0.3 is 14.2 Å². The van der Waals surface area contributed by atoms with E-state index in [4.69, 9.17) is 19.3 Å². The maximum atomic E-state index is 13.7. The number of nitrogens with zero attached hydrogens (tertiary/aromatic N) is 3. The summed E-state index contributed by atoms with van der Waals surface area (Å²) in [5.74, 6) is 1.00. The van der Waals surface area contributed by atoms with Crippen molar-refractivity contribution < 1.29 is 23.8 Å². The molecular weight excluding hydrogens is 458 g/mol. The van der Waals surface area contributed by atoms with Gasteiger partial charge in [-0.05, 0) is 63.4 Å². The van der Waals surface area contributed by atoms with E-state index in [1.165, 1.54) is 5.56 Å². The highest BCUT2D eigenvalue weighted by Gasteiger charge is 2.37. The summed E-state index contributed by atoms with van der Waals surface area (Å²) >= 11 is 0. The van der Waals surface area contributed by atoms with Gasteiger partial charge in [-0.15, -0.1) is 0 Å². The van der Waals surface area contributed by atoms with Crippen molar-refractivity contribution >= 4 is 17.6 Å². The van der Waals surface area contributed by atoms with Crippen LogP contribution in [-0.4, -0.2) is 60.0 Å². The van der Waals surface area contributed by atoms with Crippen molar-refractivity contribution in [3.8, 4) is 11.5 Å². The molecule has 36 heavy (non-hydrogen) atoms. The SMILES string of the molecule is CCOC(=O)[C@H]1CCCCN1CC(=O)N1N=C(c2ccc(C)cc2C)C[C@H]1c1ccc2c(c1)OCO2. The Hall–Kier alpha value is -3.39. The molecule has 0 spiro atoms. The lowest BCUT2D eigenvalue weighted by Crippen LogP contribution is -2.49. The number of carbonyl (C=O) groups excluding carboxylic acids is 2. The Labute approximate surface area is 211 Å². The molecule has 0 saturated carbocycles. The van der Waals surface area contributed by atoms with Gasteiger partial charge in [-0.1, -0.05) is 36.2 Å². The topological polar surface area (TPSA) is 80.7 Å². The maximum absolute atomic E-state index is 13.7. The second-order valence-corrected chi connectivity index (χ2v) is 9.67. The number of carbonyl (C=O) groups is 2. The van der Waals surface area contributed by atoms with Crippen molar-refractivity contribution in [3.05, 3.63) is 58.7 Å². The molecule has 3 aliphatic heterocycles. The number of piperidine rings is 1. The zero-order valence-electron chi connectivity index (χ0n) is 21.2. The standard InChI is InChI=1S/C28H33N3O5/c1-4-34-28(33)23-7-5-6-12-30(23)16-27(32)31-24(20-9-11-25-26(14-20)36-17-35-25)15-22(29-31)21-10-8-18(2)13-19(21)3/h8-11,13-14,23-24H,4-7,12,15-17H2,1-3H3/t23-,24+/m1/s1. The van der Waals surface area contributed by atoms with Crippen LogP contribution in [0.1, 0.15) is 60.9 Å². The minimum atomic E-state index is -0.392. The van der Waals surface area contributed by atoms with Crippen LogP contribution in [0.5, 0.6) is 11.5 Å². The number of hydrogen-bond acceptors (Lipinski definition) is 7. The second kappa shape index (κ2) is 10.3. The number of hydrazone groups is 1. The lowest BCUT2D eigenvalue weighted by atomic mass is 9.95. The van der Waals surface area contributed by atoms with Crippen LogP contribution in [0.3, 0.4) is 0 Å². The Bertz CT molecular complexity index is 1190. The second-order valence-electron chi connectivity index (χ2n) is 9.67. The van der Waals surface area contributed by atoms with Gasteiger partial charge in [0.05, 0.1) is 24.9 Å². The third-order valence-corrected chi connectivity index (χ3v) is 7.15. The smallest absolute Gasteiger partial charge is 0.323 e. The number of amides is 1. The van der Waals surface area contributed by atoms with Crippen LogP contribution in [-0.2, 0) is 14.3 Å². The quantitative estimate of drug-likeness (QED) is 0.566. The van der Waals surface area contributed by atoms with Crippen LogP contribution in [0.25, 0.3) is 0 Å². The first-order valence-corrected chi connectivity index (χ1v) is 12.7. The molecule has 0 unspecified atom stereocenters. The first-order valence-electron chi connectivity index (χ1n) is 12.7. The van der Waals surface area contributed by atoms with E-state index in [1.54, 1.807) is 11.9 Å². The maximum Gasteiger partial charge on any atom is 0.323 e. The van der Waals surface area contributed by atoms with Gasteiger partial charge in [0.2, 0.25) is 6.79 Å². The van der Waals surface area contributed by atoms with Crippen LogP contribution in [0, 0.1) is 13.8 Å². The molecule has 0 N–H and O–H groups in total. The molecule has 3 heterocycles. The summed E-state index contributed by atoms with van der Waals surface area (Å²) in [6.45, 7) is 7.28. The number of fused-ring (bicyclic) bond motifs is 1. The Morgan fingerprint density at radius 2 is 1.92 bits per heavy atom. The minimum Gasteiger partial charge on any atom is -0.465 e. The minimum absolute atomic E-state index is 0.119. The molecule has 190 valence electrons. The normalized spacial score (nSPS) is 21.4. The van der Waals surface area contributed by atoms with Crippen molar-refractivity contribution in [2.45, 2.75) is 58.5 Å². The van der Waals surface area contributed by atoms with Crippen molar-refractivity contribution in [3.63, 3.8) is 0 Å². The van der Waals surface area contributed by atoms with Crippen molar-refractivity contribution in [1.82, 2.24) is 9.91 Å². The molecule has 0 radical (unpaired) electrons. The predicted octanol–water partition coefficient (Wildman–Crippen LogP) is 4.13. The average Bonchev–Trinajstić information content (AvgIpc) is 3.51. The first kappa shape index (κ1) is 24.3. The number of aryl methyl sites for hydroxylation is 2. The van der Waals surface area contributed by atoms with E-state index in [0.29, 0.717) is 37.5 Å². The van der Waals surface area contributed by atoms with Gasteiger partial charge in [0.25, 0.3) is 5.91 Å². The molecule has 1 saturated heterocycles. The highest BCUT2D eigenvalue weighted by atomic mass is 16.7. The lowest BCUT2D eigenvalue weighted by molar-refractivity contribution is -0.152. The third kappa shape index (κ3) is 4.82. The molecule has 5 rings (SSSR count). The zero-order valence-corrected chi connectivity index (χ0v) is 21.2. The zero-order chi connectivity index (χ0) is 25.2. The Kier molecular flexibility index (Phi) is 6.96. The molecule has 2 atom stereocenters. The van der Waals surface area contributed by atoms with E-state index in [2.05, 4.69) is 32.0 Å². The summed E-state index contributed by atoms with van der Waals surface area (Å²) < 4.78 is 16.4. The highest BCUT2D eigenvalue weighted by Crippen LogP contribution is 2.39. The van der Waals surface area contributed by atoms with E-state index in [-0.39, 0.29) is 31.3 Å². The lowest BCUT2D eigenvalue weighted by Gasteiger charge is -2.34. The molecular formula is C28H33N3O5. The summed E-state index contributed by atoms with van der Waals surface area (Å²) in [5, 5.41) is 6.46. The fourth-order valence-electron chi connectivity index (χ4n) is 5.35. The Morgan fingerprint density at radius 1 is 1.08 bits per heavy atom. The van der Waals surface area contributed by atoms with Crippen LogP contribution < -0.4 is 9.47 Å². The molecule has 0 bridgehead atoms. The van der Waals surface area contributed by atoms with Gasteiger partial charge in [-0.3, -0.25) is 14.5 Å². The molecule has 1 amide bonds. The molecule has 0 aliphatic carbocycles. The number of ether oxygens (including phenoxy) is 3. The van der Waals surface area contributed by atoms with Crippen LogP contribution in [0.2, 0.25) is 0 Å². The molecule has 2 aromatic carbocycles. The number of esters is 1. The molecule has 0 aromatic heterocycles. The number of likely N-dealkylation sites (tertiary alicyclic amines) is 1. The van der Waals surface area contributed by atoms with E-state index < -0.39 is 6.04 Å². The first-order chi connectivity index (χ1) is 17.4. The predicted molar refractivity (Wildman–Crippen MR) is 135 cm³/mol. The largest absolute Gasteiger partial charge is 0.465 e. The van der Waals surface area contributed by atoms with Gasteiger partial charge in [0.1, 0.15) is 6.04 Å². The summed E-state index contributed by atoms with van der Waals surface area (Å²) in [6.07, 6.45) is 3.20. The molecule has 3 aliphatic rings. The van der Waals surface area contributed by atoms with Gasteiger partial charge in [0, 0.05) is 12.0 Å². The van der Waals surface area contributed by atoms with Crippen molar-refractivity contribution in [2.75, 3.05) is 26.5 Å². The summed E-state index contributed by atoms with van der Waals surface area (Å²) in [4.78, 5) is 28.3. The number of benzene rings is 2. The van der Waals surface area contributed by atoms with Crippen molar-refractivity contribution in [1.29, 1.82) is 0 Å². The van der Waals surface area contributed by atoms with E-state index in [0.717, 1.165) is 35.2 Å². The van der Waals surface area contributed by atoms with Crippen LogP contribution >= 0.6 is 0 Å². The molecule has 1 fully saturated rings. The average molecular weight is 492 g/mol. The van der Waals surface area contributed by atoms with Crippen molar-refractivity contribution in [2.24, 2.45) is 5.10 Å². The Morgan fingerprint density at radius 3 is 2.72 bits per heavy atom. The van der Waals surface area contributed by atoms with E-state index >= 15 is 0 Å². The van der Waals surface area contributed by atoms with E-state index in [1.807, 2.05) is 23.1 Å². The summed E-state index contributed by atoms with van der Waals surface area (Å²) in [6, 6.07) is 11.4. The third-order valence-electron chi connectivity index (χ3n) is 7.15. The molecule has 8 nitrogen and oxygen atoms in total. The highest BCUT2D eigenvalue weighted by molar-refractivity contribution is 6.04. The van der Waals surface area contributed by atoms with Gasteiger partial charge in [-0.25, -0.2) is 5.01 Å². The summed E-state index contributed by atoms with van der Waals surface area (Å²) in [5.41, 5.74) is 5.18. The van der Waals surface area contributed by atoms with Gasteiger partial charge >= 0.3 is 5.97 Å². The monoisotopic (exact) mass is 491 g/mol. The molecule has 8 heteroatoms. The Balaban J connectivity index is 1.44. The van der Waals surface area contributed by atoms with Crippen LogP contribution in [0.4, 0.5) is 0 Å². The van der Waals surface area contributed by atoms with Crippen LogP contribution in [0.15, 0.2) is 41.5 Å².